The van der Waals surface area contributed by atoms with Crippen molar-refractivity contribution in [2.45, 2.75) is 26.3 Å². The quantitative estimate of drug-likeness (QED) is 0.836. The van der Waals surface area contributed by atoms with E-state index < -0.39 is 5.41 Å². The van der Waals surface area contributed by atoms with E-state index >= 15 is 0 Å². The molecule has 0 atom stereocenters. The highest BCUT2D eigenvalue weighted by Crippen LogP contribution is 2.30. The number of nitrogens with one attached hydrogen (secondary N) is 1. The lowest BCUT2D eigenvalue weighted by Gasteiger charge is -2.34. The minimum atomic E-state index is -0.523. The molecule has 0 unspecified atom stereocenters. The number of nitrogens with two attached hydrogens (primary N) is 1. The van der Waals surface area contributed by atoms with Gasteiger partial charge in [-0.05, 0) is 43.5 Å². The van der Waals surface area contributed by atoms with Gasteiger partial charge < -0.3 is 20.5 Å². The van der Waals surface area contributed by atoms with E-state index in [0.29, 0.717) is 39.1 Å². The molecule has 1 heterocycles. The third-order valence-corrected chi connectivity index (χ3v) is 4.95. The van der Waals surface area contributed by atoms with Crippen LogP contribution in [-0.4, -0.2) is 25.7 Å². The molecule has 2 aromatic rings. The van der Waals surface area contributed by atoms with Gasteiger partial charge in [-0.1, -0.05) is 30.3 Å². The molecule has 0 aliphatic carbocycles. The summed E-state index contributed by atoms with van der Waals surface area (Å²) < 4.78 is 11.4. The van der Waals surface area contributed by atoms with E-state index in [9.17, 15) is 4.79 Å². The monoisotopic (exact) mass is 354 g/mol. The molecule has 5 nitrogen and oxygen atoms in total. The molecule has 1 amide bonds. The van der Waals surface area contributed by atoms with Crippen LogP contribution in [0.15, 0.2) is 48.5 Å². The average Bonchev–Trinajstić information content (AvgIpc) is 2.67. The highest BCUT2D eigenvalue weighted by Gasteiger charge is 2.38. The fraction of sp³-hybridized carbons (Fsp3) is 0.381. The van der Waals surface area contributed by atoms with Crippen LogP contribution in [0.1, 0.15) is 24.0 Å². The Morgan fingerprint density at radius 1 is 1.19 bits per heavy atom. The largest absolute Gasteiger partial charge is 0.457 e. The molecule has 1 aliphatic rings. The smallest absolute Gasteiger partial charge is 0.227 e. The number of hydrogen-bond donors (Lipinski definition) is 2. The summed E-state index contributed by atoms with van der Waals surface area (Å²) in [6.07, 6.45) is 1.33. The summed E-state index contributed by atoms with van der Waals surface area (Å²) in [6.45, 7) is 3.93. The summed E-state index contributed by atoms with van der Waals surface area (Å²) in [7, 11) is 0. The van der Waals surface area contributed by atoms with Crippen LogP contribution in [0.5, 0.6) is 11.5 Å². The van der Waals surface area contributed by atoms with E-state index in [1.165, 1.54) is 0 Å². The van der Waals surface area contributed by atoms with Gasteiger partial charge in [-0.15, -0.1) is 0 Å². The van der Waals surface area contributed by atoms with E-state index in [4.69, 9.17) is 15.2 Å². The molecule has 0 bridgehead atoms. The fourth-order valence-corrected chi connectivity index (χ4v) is 3.20. The van der Waals surface area contributed by atoms with Gasteiger partial charge in [0.25, 0.3) is 0 Å². The van der Waals surface area contributed by atoms with Gasteiger partial charge in [0.1, 0.15) is 11.5 Å². The number of benzene rings is 2. The number of rotatable bonds is 6. The molecule has 3 rings (SSSR count). The summed E-state index contributed by atoms with van der Waals surface area (Å²) in [6, 6.07) is 15.6. The fourth-order valence-electron chi connectivity index (χ4n) is 3.20. The van der Waals surface area contributed by atoms with Gasteiger partial charge in [0.05, 0.1) is 5.41 Å². The molecular weight excluding hydrogens is 328 g/mol. The van der Waals surface area contributed by atoms with Gasteiger partial charge >= 0.3 is 0 Å². The zero-order chi connectivity index (χ0) is 18.4. The zero-order valence-electron chi connectivity index (χ0n) is 15.2. The summed E-state index contributed by atoms with van der Waals surface area (Å²) in [5.41, 5.74) is 7.46. The molecule has 1 aliphatic heterocycles. The first-order chi connectivity index (χ1) is 12.6. The second kappa shape index (κ2) is 8.34. The Bertz CT molecular complexity index is 754. The normalized spacial score (nSPS) is 16.1. The predicted octanol–water partition coefficient (Wildman–Crippen LogP) is 3.16. The molecular formula is C21H26N2O3. The lowest BCUT2D eigenvalue weighted by atomic mass is 9.79. The van der Waals surface area contributed by atoms with Crippen molar-refractivity contribution < 1.29 is 14.3 Å². The van der Waals surface area contributed by atoms with Crippen LogP contribution >= 0.6 is 0 Å². The minimum Gasteiger partial charge on any atom is -0.457 e. The van der Waals surface area contributed by atoms with Gasteiger partial charge in [0, 0.05) is 31.9 Å². The van der Waals surface area contributed by atoms with Crippen LogP contribution in [-0.2, 0) is 16.1 Å². The first-order valence-electron chi connectivity index (χ1n) is 9.01. The van der Waals surface area contributed by atoms with Crippen LogP contribution in [0.2, 0.25) is 0 Å². The molecule has 0 saturated carbocycles. The molecule has 1 saturated heterocycles. The van der Waals surface area contributed by atoms with Gasteiger partial charge in [-0.2, -0.15) is 0 Å². The number of ether oxygens (including phenoxy) is 2. The molecule has 0 radical (unpaired) electrons. The molecule has 1 fully saturated rings. The average molecular weight is 354 g/mol. The number of carbonyl (C=O) groups excluding carboxylic acids is 1. The van der Waals surface area contributed by atoms with Crippen LogP contribution < -0.4 is 15.8 Å². The van der Waals surface area contributed by atoms with Gasteiger partial charge in [0.2, 0.25) is 5.91 Å². The SMILES string of the molecule is Cc1cccc(Oc2ccccc2CNC(=O)C2(CN)CCOCC2)c1. The second-order valence-corrected chi connectivity index (χ2v) is 6.81. The standard InChI is InChI=1S/C21H26N2O3/c1-16-5-4-7-18(13-16)26-19-8-3-2-6-17(19)14-23-20(24)21(15-22)9-11-25-12-10-21/h2-8,13H,9-12,14-15,22H2,1H3,(H,23,24). The lowest BCUT2D eigenvalue weighted by molar-refractivity contribution is -0.136. The second-order valence-electron chi connectivity index (χ2n) is 6.81. The maximum atomic E-state index is 12.8. The first-order valence-corrected chi connectivity index (χ1v) is 9.01. The van der Waals surface area contributed by atoms with E-state index in [2.05, 4.69) is 5.32 Å². The van der Waals surface area contributed by atoms with Crippen LogP contribution in [0.4, 0.5) is 0 Å². The Labute approximate surface area is 154 Å². The van der Waals surface area contributed by atoms with Gasteiger partial charge in [-0.25, -0.2) is 0 Å². The molecule has 26 heavy (non-hydrogen) atoms. The lowest BCUT2D eigenvalue weighted by Crippen LogP contribution is -2.48. The van der Waals surface area contributed by atoms with E-state index in [1.807, 2.05) is 55.5 Å². The Hall–Kier alpha value is -2.37. The topological polar surface area (TPSA) is 73.6 Å². The molecule has 3 N–H and O–H groups in total. The Balaban J connectivity index is 1.69. The molecule has 138 valence electrons. The number of aryl methyl sites for hydroxylation is 1. The molecule has 0 aromatic heterocycles. The van der Waals surface area contributed by atoms with Crippen molar-refractivity contribution in [2.24, 2.45) is 11.1 Å². The number of hydrogen-bond acceptors (Lipinski definition) is 4. The number of para-hydroxylation sites is 1. The third kappa shape index (κ3) is 4.23. The first kappa shape index (κ1) is 18.4. The van der Waals surface area contributed by atoms with Crippen molar-refractivity contribution in [3.8, 4) is 11.5 Å². The van der Waals surface area contributed by atoms with Crippen LogP contribution in [0.25, 0.3) is 0 Å². The number of amides is 1. The summed E-state index contributed by atoms with van der Waals surface area (Å²) in [4.78, 5) is 12.8. The van der Waals surface area contributed by atoms with Gasteiger partial charge in [-0.3, -0.25) is 4.79 Å². The van der Waals surface area contributed by atoms with E-state index in [0.717, 1.165) is 22.6 Å². The van der Waals surface area contributed by atoms with Crippen molar-refractivity contribution in [3.05, 3.63) is 59.7 Å². The third-order valence-electron chi connectivity index (χ3n) is 4.95. The summed E-state index contributed by atoms with van der Waals surface area (Å²) in [5, 5.41) is 3.04. The van der Waals surface area contributed by atoms with Crippen molar-refractivity contribution in [2.75, 3.05) is 19.8 Å². The van der Waals surface area contributed by atoms with E-state index in [1.54, 1.807) is 0 Å². The highest BCUT2D eigenvalue weighted by molar-refractivity contribution is 5.83. The van der Waals surface area contributed by atoms with Gasteiger partial charge in [0.15, 0.2) is 0 Å². The maximum absolute atomic E-state index is 12.8. The highest BCUT2D eigenvalue weighted by atomic mass is 16.5. The Kier molecular flexibility index (Phi) is 5.91. The molecule has 5 heteroatoms. The number of carbonyl (C=O) groups is 1. The van der Waals surface area contributed by atoms with Crippen molar-refractivity contribution in [1.29, 1.82) is 0 Å². The van der Waals surface area contributed by atoms with Crippen LogP contribution in [0.3, 0.4) is 0 Å². The zero-order valence-corrected chi connectivity index (χ0v) is 15.2. The Morgan fingerprint density at radius 2 is 1.96 bits per heavy atom. The maximum Gasteiger partial charge on any atom is 0.227 e. The summed E-state index contributed by atoms with van der Waals surface area (Å²) in [5.74, 6) is 1.52. The molecule has 2 aromatic carbocycles. The minimum absolute atomic E-state index is 0.00587. The molecule has 0 spiro atoms. The predicted molar refractivity (Wildman–Crippen MR) is 101 cm³/mol. The van der Waals surface area contributed by atoms with Crippen LogP contribution in [0, 0.1) is 12.3 Å². The van der Waals surface area contributed by atoms with Crippen molar-refractivity contribution >= 4 is 5.91 Å². The summed E-state index contributed by atoms with van der Waals surface area (Å²) >= 11 is 0. The Morgan fingerprint density at radius 3 is 2.69 bits per heavy atom. The van der Waals surface area contributed by atoms with Crippen molar-refractivity contribution in [1.82, 2.24) is 5.32 Å². The van der Waals surface area contributed by atoms with E-state index in [-0.39, 0.29) is 5.91 Å². The van der Waals surface area contributed by atoms with Crippen molar-refractivity contribution in [3.63, 3.8) is 0 Å².